The maximum absolute atomic E-state index is 12.9. The fourth-order valence-corrected chi connectivity index (χ4v) is 4.20. The fraction of sp³-hybridized carbons (Fsp3) is 0.185. The number of rotatable bonds is 6. The summed E-state index contributed by atoms with van der Waals surface area (Å²) in [6.07, 6.45) is 3.39. The minimum atomic E-state index is -0.507. The number of anilines is 2. The third kappa shape index (κ3) is 5.90. The molecule has 0 radical (unpaired) electrons. The Labute approximate surface area is 213 Å². The molecule has 0 saturated carbocycles. The van der Waals surface area contributed by atoms with Gasteiger partial charge in [-0.1, -0.05) is 48.0 Å². The van der Waals surface area contributed by atoms with Crippen molar-refractivity contribution in [2.75, 3.05) is 36.4 Å². The molecule has 0 aliphatic carbocycles. The lowest BCUT2D eigenvalue weighted by molar-refractivity contribution is -0.385. The summed E-state index contributed by atoms with van der Waals surface area (Å²) >= 11 is 6.20. The Morgan fingerprint density at radius 1 is 1.00 bits per heavy atom. The lowest BCUT2D eigenvalue weighted by atomic mass is 10.1. The zero-order valence-electron chi connectivity index (χ0n) is 19.7. The number of hydrogen-bond donors (Lipinski definition) is 1. The van der Waals surface area contributed by atoms with Crippen molar-refractivity contribution in [2.45, 2.75) is 6.92 Å². The SMILES string of the molecule is Cc1ccc(C(=O)Nc2cc(Cl)ccc2N2CCN(C(=O)/C=C/c3ccccc3)CC2)cc1[N+](=O)[O-]. The van der Waals surface area contributed by atoms with Crippen LogP contribution in [-0.2, 0) is 4.79 Å². The molecule has 8 nitrogen and oxygen atoms in total. The molecule has 1 N–H and O–H groups in total. The zero-order chi connectivity index (χ0) is 25.7. The molecule has 1 aliphatic heterocycles. The summed E-state index contributed by atoms with van der Waals surface area (Å²) in [7, 11) is 0. The maximum atomic E-state index is 12.9. The molecular formula is C27H25ClN4O4. The molecule has 4 rings (SSSR count). The number of amides is 2. The summed E-state index contributed by atoms with van der Waals surface area (Å²) in [4.78, 5) is 40.2. The zero-order valence-corrected chi connectivity index (χ0v) is 20.4. The van der Waals surface area contributed by atoms with E-state index in [4.69, 9.17) is 11.6 Å². The molecule has 0 bridgehead atoms. The van der Waals surface area contributed by atoms with Gasteiger partial charge >= 0.3 is 0 Å². The van der Waals surface area contributed by atoms with Crippen LogP contribution in [0.25, 0.3) is 6.08 Å². The van der Waals surface area contributed by atoms with E-state index < -0.39 is 10.8 Å². The molecule has 3 aromatic carbocycles. The Balaban J connectivity index is 1.45. The normalized spacial score (nSPS) is 13.6. The first kappa shape index (κ1) is 24.9. The van der Waals surface area contributed by atoms with Crippen molar-refractivity contribution < 1.29 is 14.5 Å². The standard InChI is InChI=1S/C27H25ClN4O4/c1-19-7-9-21(17-25(19)32(35)36)27(34)29-23-18-22(28)10-11-24(23)30-13-15-31(16-14-30)26(33)12-8-20-5-3-2-4-6-20/h2-12,17-18H,13-16H2,1H3,(H,29,34)/b12-8+. The minimum absolute atomic E-state index is 0.0518. The van der Waals surface area contributed by atoms with E-state index in [1.54, 1.807) is 48.2 Å². The molecule has 2 amide bonds. The third-order valence-corrected chi connectivity index (χ3v) is 6.26. The van der Waals surface area contributed by atoms with Crippen LogP contribution in [0.4, 0.5) is 17.1 Å². The lowest BCUT2D eigenvalue weighted by Gasteiger charge is -2.36. The number of halogens is 1. The number of piperazine rings is 1. The molecule has 0 aromatic heterocycles. The molecule has 1 fully saturated rings. The second-order valence-electron chi connectivity index (χ2n) is 8.43. The summed E-state index contributed by atoms with van der Waals surface area (Å²) in [5.74, 6) is -0.523. The number of hydrogen-bond acceptors (Lipinski definition) is 5. The summed E-state index contributed by atoms with van der Waals surface area (Å²) in [6, 6.07) is 19.2. The number of carbonyl (C=O) groups is 2. The highest BCUT2D eigenvalue weighted by Gasteiger charge is 2.23. The van der Waals surface area contributed by atoms with Crippen LogP contribution in [0.5, 0.6) is 0 Å². The van der Waals surface area contributed by atoms with Gasteiger partial charge in [-0.05, 0) is 42.8 Å². The minimum Gasteiger partial charge on any atom is -0.366 e. The molecule has 184 valence electrons. The number of aryl methyl sites for hydroxylation is 1. The van der Waals surface area contributed by atoms with Crippen molar-refractivity contribution in [3.05, 3.63) is 105 Å². The smallest absolute Gasteiger partial charge is 0.273 e. The Hall–Kier alpha value is -4.17. The van der Waals surface area contributed by atoms with E-state index in [-0.39, 0.29) is 17.2 Å². The molecular weight excluding hydrogens is 480 g/mol. The van der Waals surface area contributed by atoms with Gasteiger partial charge in [-0.25, -0.2) is 0 Å². The maximum Gasteiger partial charge on any atom is 0.273 e. The van der Waals surface area contributed by atoms with Crippen LogP contribution in [0, 0.1) is 17.0 Å². The van der Waals surface area contributed by atoms with Crippen molar-refractivity contribution in [3.63, 3.8) is 0 Å². The van der Waals surface area contributed by atoms with Crippen molar-refractivity contribution in [1.82, 2.24) is 4.90 Å². The van der Waals surface area contributed by atoms with Gasteiger partial charge in [0.2, 0.25) is 5.91 Å². The van der Waals surface area contributed by atoms with Crippen molar-refractivity contribution in [2.24, 2.45) is 0 Å². The highest BCUT2D eigenvalue weighted by atomic mass is 35.5. The van der Waals surface area contributed by atoms with E-state index in [1.807, 2.05) is 36.4 Å². The Kier molecular flexibility index (Phi) is 7.65. The molecule has 1 saturated heterocycles. The molecule has 1 heterocycles. The number of nitro benzene ring substituents is 1. The average molecular weight is 505 g/mol. The summed E-state index contributed by atoms with van der Waals surface area (Å²) in [6.45, 7) is 3.82. The Morgan fingerprint density at radius 3 is 2.42 bits per heavy atom. The van der Waals surface area contributed by atoms with Gasteiger partial charge < -0.3 is 15.1 Å². The molecule has 0 atom stereocenters. The van der Waals surface area contributed by atoms with Gasteiger partial charge in [-0.15, -0.1) is 0 Å². The largest absolute Gasteiger partial charge is 0.366 e. The van der Waals surface area contributed by atoms with E-state index >= 15 is 0 Å². The summed E-state index contributed by atoms with van der Waals surface area (Å²) in [5.41, 5.74) is 2.77. The van der Waals surface area contributed by atoms with Gasteiger partial charge in [0.25, 0.3) is 11.6 Å². The van der Waals surface area contributed by atoms with Gasteiger partial charge in [0.05, 0.1) is 16.3 Å². The molecule has 36 heavy (non-hydrogen) atoms. The number of benzene rings is 3. The second kappa shape index (κ2) is 11.0. The van der Waals surface area contributed by atoms with Crippen molar-refractivity contribution >= 4 is 46.6 Å². The van der Waals surface area contributed by atoms with Crippen LogP contribution in [0.15, 0.2) is 72.8 Å². The van der Waals surface area contributed by atoms with E-state index in [9.17, 15) is 19.7 Å². The van der Waals surface area contributed by atoms with Gasteiger partial charge in [0, 0.05) is 54.5 Å². The van der Waals surface area contributed by atoms with Gasteiger partial charge in [-0.2, -0.15) is 0 Å². The topological polar surface area (TPSA) is 95.8 Å². The van der Waals surface area contributed by atoms with Crippen LogP contribution in [0.1, 0.15) is 21.5 Å². The molecule has 3 aromatic rings. The summed E-state index contributed by atoms with van der Waals surface area (Å²) in [5, 5.41) is 14.6. The molecule has 1 aliphatic rings. The predicted molar refractivity (Wildman–Crippen MR) is 142 cm³/mol. The average Bonchev–Trinajstić information content (AvgIpc) is 2.88. The Morgan fingerprint density at radius 2 is 1.72 bits per heavy atom. The number of nitrogens with zero attached hydrogens (tertiary/aromatic N) is 3. The second-order valence-corrected chi connectivity index (χ2v) is 8.87. The van der Waals surface area contributed by atoms with Gasteiger partial charge in [0.1, 0.15) is 0 Å². The van der Waals surface area contributed by atoms with Gasteiger partial charge in [0.15, 0.2) is 0 Å². The van der Waals surface area contributed by atoms with Crippen LogP contribution in [-0.4, -0.2) is 47.8 Å². The Bertz CT molecular complexity index is 1320. The highest BCUT2D eigenvalue weighted by Crippen LogP contribution is 2.31. The van der Waals surface area contributed by atoms with Crippen LogP contribution in [0.2, 0.25) is 5.02 Å². The lowest BCUT2D eigenvalue weighted by Crippen LogP contribution is -2.48. The van der Waals surface area contributed by atoms with E-state index in [1.165, 1.54) is 6.07 Å². The van der Waals surface area contributed by atoms with E-state index in [0.717, 1.165) is 11.3 Å². The third-order valence-electron chi connectivity index (χ3n) is 6.02. The highest BCUT2D eigenvalue weighted by molar-refractivity contribution is 6.31. The quantitative estimate of drug-likeness (QED) is 0.284. The first-order valence-electron chi connectivity index (χ1n) is 11.4. The first-order chi connectivity index (χ1) is 17.3. The van der Waals surface area contributed by atoms with Crippen molar-refractivity contribution in [1.29, 1.82) is 0 Å². The van der Waals surface area contributed by atoms with E-state index in [0.29, 0.717) is 42.5 Å². The van der Waals surface area contributed by atoms with Crippen LogP contribution >= 0.6 is 11.6 Å². The van der Waals surface area contributed by atoms with E-state index in [2.05, 4.69) is 10.2 Å². The fourth-order valence-electron chi connectivity index (χ4n) is 4.03. The monoisotopic (exact) mass is 504 g/mol. The number of carbonyl (C=O) groups excluding carboxylic acids is 2. The summed E-state index contributed by atoms with van der Waals surface area (Å²) < 4.78 is 0. The van der Waals surface area contributed by atoms with Crippen LogP contribution < -0.4 is 10.2 Å². The van der Waals surface area contributed by atoms with Crippen molar-refractivity contribution in [3.8, 4) is 0 Å². The van der Waals surface area contributed by atoms with Crippen LogP contribution in [0.3, 0.4) is 0 Å². The predicted octanol–water partition coefficient (Wildman–Crippen LogP) is 5.17. The van der Waals surface area contributed by atoms with Gasteiger partial charge in [-0.3, -0.25) is 19.7 Å². The molecule has 9 heteroatoms. The first-order valence-corrected chi connectivity index (χ1v) is 11.8. The molecule has 0 spiro atoms. The number of nitrogens with one attached hydrogen (secondary N) is 1. The molecule has 0 unspecified atom stereocenters. The number of nitro groups is 1.